The summed E-state index contributed by atoms with van der Waals surface area (Å²) in [5.41, 5.74) is 1.09. The number of aliphatic hydroxyl groups is 1. The molecular formula is C20H26ClNO3. The van der Waals surface area contributed by atoms with Crippen LogP contribution in [0.15, 0.2) is 24.4 Å². The van der Waals surface area contributed by atoms with Crippen molar-refractivity contribution in [1.82, 2.24) is 4.57 Å². The van der Waals surface area contributed by atoms with E-state index in [4.69, 9.17) is 16.3 Å². The van der Waals surface area contributed by atoms with Crippen LogP contribution in [0.25, 0.3) is 10.9 Å². The summed E-state index contributed by atoms with van der Waals surface area (Å²) >= 11 is 6.38. The fourth-order valence-electron chi connectivity index (χ4n) is 3.89. The Labute approximate surface area is 153 Å². The largest absolute Gasteiger partial charge is 0.390 e. The average Bonchev–Trinajstić information content (AvgIpc) is 3.18. The molecule has 0 bridgehead atoms. The maximum Gasteiger partial charge on any atom is 0.165 e. The van der Waals surface area contributed by atoms with Gasteiger partial charge in [-0.2, -0.15) is 0 Å². The smallest absolute Gasteiger partial charge is 0.165 e. The van der Waals surface area contributed by atoms with E-state index in [9.17, 15) is 9.90 Å². The molecule has 0 atom stereocenters. The second-order valence-corrected chi connectivity index (χ2v) is 7.48. The van der Waals surface area contributed by atoms with Gasteiger partial charge in [0.2, 0.25) is 0 Å². The molecule has 5 heteroatoms. The summed E-state index contributed by atoms with van der Waals surface area (Å²) in [6.45, 7) is 1.26. The third kappa shape index (κ3) is 4.08. The Kier molecular flexibility index (Phi) is 5.82. The number of ketones is 1. The van der Waals surface area contributed by atoms with Crippen molar-refractivity contribution >= 4 is 28.3 Å². The van der Waals surface area contributed by atoms with Crippen LogP contribution in [0.2, 0.25) is 5.02 Å². The van der Waals surface area contributed by atoms with Gasteiger partial charge in [-0.3, -0.25) is 4.79 Å². The Morgan fingerprint density at radius 2 is 2.12 bits per heavy atom. The lowest BCUT2D eigenvalue weighted by Crippen LogP contribution is -2.23. The number of aromatic nitrogens is 1. The number of methoxy groups -OCH3 is 1. The first kappa shape index (κ1) is 18.4. The topological polar surface area (TPSA) is 51.5 Å². The maximum absolute atomic E-state index is 12.8. The molecule has 0 aliphatic heterocycles. The highest BCUT2D eigenvalue weighted by atomic mass is 35.5. The number of hydrogen-bond donors (Lipinski definition) is 1. The molecule has 2 aromatic rings. The lowest BCUT2D eigenvalue weighted by Gasteiger charge is -2.21. The minimum Gasteiger partial charge on any atom is -0.390 e. The Bertz CT molecular complexity index is 747. The zero-order valence-electron chi connectivity index (χ0n) is 14.8. The first-order valence-corrected chi connectivity index (χ1v) is 9.44. The fourth-order valence-corrected chi connectivity index (χ4v) is 4.16. The Balaban J connectivity index is 1.76. The summed E-state index contributed by atoms with van der Waals surface area (Å²) in [7, 11) is 1.67. The number of nitrogens with zero attached hydrogens (tertiary/aromatic N) is 1. The predicted octanol–water partition coefficient (Wildman–Crippen LogP) is 4.60. The Morgan fingerprint density at radius 1 is 1.36 bits per heavy atom. The summed E-state index contributed by atoms with van der Waals surface area (Å²) < 4.78 is 7.19. The van der Waals surface area contributed by atoms with Gasteiger partial charge in [0.1, 0.15) is 0 Å². The minimum atomic E-state index is -0.551. The van der Waals surface area contributed by atoms with E-state index in [1.54, 1.807) is 7.11 Å². The van der Waals surface area contributed by atoms with Gasteiger partial charge in [-0.1, -0.05) is 30.5 Å². The van der Waals surface area contributed by atoms with E-state index in [0.717, 1.165) is 36.6 Å². The second kappa shape index (κ2) is 7.90. The van der Waals surface area contributed by atoms with Gasteiger partial charge >= 0.3 is 0 Å². The number of hydrogen-bond acceptors (Lipinski definition) is 3. The number of ether oxygens (including phenoxy) is 1. The Morgan fingerprint density at radius 3 is 2.84 bits per heavy atom. The van der Waals surface area contributed by atoms with E-state index < -0.39 is 5.60 Å². The quantitative estimate of drug-likeness (QED) is 0.697. The van der Waals surface area contributed by atoms with Crippen LogP contribution in [-0.4, -0.2) is 34.8 Å². The van der Waals surface area contributed by atoms with Crippen LogP contribution < -0.4 is 0 Å². The van der Waals surface area contributed by atoms with E-state index in [1.807, 2.05) is 29.0 Å². The standard InChI is InChI=1S/C20H26ClNO3/c1-25-13-12-22-14-15(19-16(21)6-4-7-17(19)22)18(23)8-5-11-20(24)9-2-3-10-20/h4,6-7,14,24H,2-3,5,8-13H2,1H3. The minimum absolute atomic E-state index is 0.0934. The normalized spacial score (nSPS) is 16.6. The predicted molar refractivity (Wildman–Crippen MR) is 100 cm³/mol. The first-order chi connectivity index (χ1) is 12.0. The van der Waals surface area contributed by atoms with Crippen molar-refractivity contribution < 1.29 is 14.6 Å². The molecule has 0 amide bonds. The first-order valence-electron chi connectivity index (χ1n) is 9.06. The molecule has 136 valence electrons. The zero-order valence-corrected chi connectivity index (χ0v) is 15.5. The number of halogens is 1. The maximum atomic E-state index is 12.8. The lowest BCUT2D eigenvalue weighted by atomic mass is 9.93. The van der Waals surface area contributed by atoms with Crippen molar-refractivity contribution in [3.8, 4) is 0 Å². The monoisotopic (exact) mass is 363 g/mol. The van der Waals surface area contributed by atoms with E-state index in [1.165, 1.54) is 0 Å². The molecule has 1 saturated carbocycles. The van der Waals surface area contributed by atoms with Crippen molar-refractivity contribution in [2.24, 2.45) is 0 Å². The van der Waals surface area contributed by atoms with Crippen LogP contribution >= 0.6 is 11.6 Å². The van der Waals surface area contributed by atoms with Gasteiger partial charge in [-0.05, 0) is 37.8 Å². The molecule has 1 fully saturated rings. The highest BCUT2D eigenvalue weighted by Crippen LogP contribution is 2.34. The van der Waals surface area contributed by atoms with Crippen LogP contribution in [0.3, 0.4) is 0 Å². The molecule has 0 unspecified atom stereocenters. The van der Waals surface area contributed by atoms with Crippen LogP contribution in [0.5, 0.6) is 0 Å². The molecule has 1 aromatic carbocycles. The molecule has 0 spiro atoms. The molecule has 1 aliphatic rings. The molecular weight excluding hydrogens is 338 g/mol. The molecule has 3 rings (SSSR count). The number of fused-ring (bicyclic) bond motifs is 1. The van der Waals surface area contributed by atoms with Gasteiger partial charge in [-0.25, -0.2) is 0 Å². The second-order valence-electron chi connectivity index (χ2n) is 7.07. The Hall–Kier alpha value is -1.36. The van der Waals surface area contributed by atoms with Gasteiger partial charge in [0.05, 0.1) is 22.7 Å². The number of carbonyl (C=O) groups excluding carboxylic acids is 1. The molecule has 1 N–H and O–H groups in total. The van der Waals surface area contributed by atoms with Crippen LogP contribution in [0.1, 0.15) is 55.3 Å². The molecule has 1 heterocycles. The highest BCUT2D eigenvalue weighted by molar-refractivity contribution is 6.37. The number of rotatable bonds is 8. The van der Waals surface area contributed by atoms with Crippen molar-refractivity contribution in [2.45, 2.75) is 57.1 Å². The molecule has 0 saturated heterocycles. The van der Waals surface area contributed by atoms with E-state index in [2.05, 4.69) is 0 Å². The SMILES string of the molecule is COCCn1cc(C(=O)CCCC2(O)CCCC2)c2c(Cl)cccc21. The molecule has 0 radical (unpaired) electrons. The number of benzene rings is 1. The third-order valence-corrected chi connectivity index (χ3v) is 5.59. The summed E-state index contributed by atoms with van der Waals surface area (Å²) in [6, 6.07) is 5.70. The van der Waals surface area contributed by atoms with E-state index >= 15 is 0 Å². The van der Waals surface area contributed by atoms with Crippen LogP contribution in [0.4, 0.5) is 0 Å². The summed E-state index contributed by atoms with van der Waals surface area (Å²) in [6.07, 6.45) is 7.66. The molecule has 1 aliphatic carbocycles. The average molecular weight is 364 g/mol. The highest BCUT2D eigenvalue weighted by Gasteiger charge is 2.30. The van der Waals surface area contributed by atoms with Crippen LogP contribution in [0, 0.1) is 0 Å². The number of Topliss-reactive ketones (excluding diaryl/α,β-unsaturated/α-hetero) is 1. The fraction of sp³-hybridized carbons (Fsp3) is 0.550. The molecule has 1 aromatic heterocycles. The molecule has 4 nitrogen and oxygen atoms in total. The van der Waals surface area contributed by atoms with Gasteiger partial charge in [0.15, 0.2) is 5.78 Å². The zero-order chi connectivity index (χ0) is 17.9. The summed E-state index contributed by atoms with van der Waals surface area (Å²) in [4.78, 5) is 12.8. The lowest BCUT2D eigenvalue weighted by molar-refractivity contribution is 0.0363. The van der Waals surface area contributed by atoms with Gasteiger partial charge < -0.3 is 14.4 Å². The van der Waals surface area contributed by atoms with E-state index in [0.29, 0.717) is 43.0 Å². The van der Waals surface area contributed by atoms with Crippen molar-refractivity contribution in [3.63, 3.8) is 0 Å². The van der Waals surface area contributed by atoms with E-state index in [-0.39, 0.29) is 5.78 Å². The van der Waals surface area contributed by atoms with Crippen molar-refractivity contribution in [2.75, 3.05) is 13.7 Å². The van der Waals surface area contributed by atoms with Gasteiger partial charge in [-0.15, -0.1) is 0 Å². The summed E-state index contributed by atoms with van der Waals surface area (Å²) in [5, 5.41) is 11.9. The van der Waals surface area contributed by atoms with Crippen LogP contribution in [-0.2, 0) is 11.3 Å². The third-order valence-electron chi connectivity index (χ3n) is 5.27. The van der Waals surface area contributed by atoms with Crippen molar-refractivity contribution in [1.29, 1.82) is 0 Å². The number of carbonyl (C=O) groups is 1. The van der Waals surface area contributed by atoms with Gasteiger partial charge in [0, 0.05) is 37.2 Å². The van der Waals surface area contributed by atoms with Crippen molar-refractivity contribution in [3.05, 3.63) is 35.0 Å². The molecule has 25 heavy (non-hydrogen) atoms. The van der Waals surface area contributed by atoms with Gasteiger partial charge in [0.25, 0.3) is 0 Å². The summed E-state index contributed by atoms with van der Waals surface area (Å²) in [5.74, 6) is 0.0934.